The predicted molar refractivity (Wildman–Crippen MR) is 86.7 cm³/mol. The molecule has 1 aromatic carbocycles. The van der Waals surface area contributed by atoms with Gasteiger partial charge in [0.1, 0.15) is 0 Å². The van der Waals surface area contributed by atoms with Crippen LogP contribution in [0.25, 0.3) is 10.9 Å². The monoisotopic (exact) mass is 399 g/mol. The van der Waals surface area contributed by atoms with E-state index in [2.05, 4.69) is 42.9 Å². The molecule has 2 rings (SSSR count). The molecule has 1 heterocycles. The average molecular weight is 401 g/mol. The van der Waals surface area contributed by atoms with Crippen LogP contribution >= 0.6 is 31.9 Å². The maximum absolute atomic E-state index is 11.3. The number of aryl methyl sites for hydroxylation is 1. The largest absolute Gasteiger partial charge is 0.466 e. The molecule has 0 aliphatic carbocycles. The summed E-state index contributed by atoms with van der Waals surface area (Å²) in [7, 11) is 0. The molecule has 0 saturated carbocycles. The predicted octanol–water partition coefficient (Wildman–Crippen LogP) is 4.65. The van der Waals surface area contributed by atoms with Gasteiger partial charge in [-0.05, 0) is 53.9 Å². The fraction of sp³-hybridized carbons (Fsp3) is 0.333. The Labute approximate surface area is 135 Å². The van der Waals surface area contributed by atoms with Gasteiger partial charge in [0.15, 0.2) is 0 Å². The van der Waals surface area contributed by atoms with Crippen molar-refractivity contribution >= 4 is 48.7 Å². The van der Waals surface area contributed by atoms with Crippen LogP contribution in [0.4, 0.5) is 0 Å². The first-order valence-electron chi connectivity index (χ1n) is 6.50. The van der Waals surface area contributed by atoms with Crippen molar-refractivity contribution in [3.05, 3.63) is 38.9 Å². The summed E-state index contributed by atoms with van der Waals surface area (Å²) >= 11 is 6.99. The van der Waals surface area contributed by atoms with Gasteiger partial charge in [-0.15, -0.1) is 0 Å². The summed E-state index contributed by atoms with van der Waals surface area (Å²) in [6.45, 7) is 2.26. The van der Waals surface area contributed by atoms with Crippen LogP contribution < -0.4 is 0 Å². The Morgan fingerprint density at radius 1 is 1.30 bits per heavy atom. The maximum Gasteiger partial charge on any atom is 0.305 e. The van der Waals surface area contributed by atoms with Gasteiger partial charge in [-0.2, -0.15) is 0 Å². The molecule has 0 atom stereocenters. The van der Waals surface area contributed by atoms with E-state index in [1.807, 2.05) is 25.1 Å². The van der Waals surface area contributed by atoms with E-state index in [1.54, 1.807) is 0 Å². The first kappa shape index (κ1) is 15.4. The van der Waals surface area contributed by atoms with Crippen molar-refractivity contribution in [3.63, 3.8) is 0 Å². The lowest BCUT2D eigenvalue weighted by Gasteiger charge is -2.05. The number of rotatable bonds is 5. The Morgan fingerprint density at radius 3 is 2.85 bits per heavy atom. The van der Waals surface area contributed by atoms with E-state index in [1.165, 1.54) is 0 Å². The number of carbonyl (C=O) groups excluding carboxylic acids is 1. The van der Waals surface area contributed by atoms with Crippen LogP contribution in [-0.4, -0.2) is 17.6 Å². The molecule has 1 aromatic heterocycles. The molecule has 0 aliphatic rings. The molecule has 5 heteroatoms. The highest BCUT2D eigenvalue weighted by Crippen LogP contribution is 2.27. The van der Waals surface area contributed by atoms with Gasteiger partial charge in [0.25, 0.3) is 0 Å². The fourth-order valence-corrected chi connectivity index (χ4v) is 3.33. The molecule has 0 saturated heterocycles. The van der Waals surface area contributed by atoms with Gasteiger partial charge in [0, 0.05) is 26.4 Å². The van der Waals surface area contributed by atoms with E-state index in [0.29, 0.717) is 13.0 Å². The molecule has 0 spiro atoms. The van der Waals surface area contributed by atoms with E-state index < -0.39 is 0 Å². The van der Waals surface area contributed by atoms with Gasteiger partial charge in [0.2, 0.25) is 0 Å². The van der Waals surface area contributed by atoms with Gasteiger partial charge in [-0.3, -0.25) is 9.78 Å². The summed E-state index contributed by atoms with van der Waals surface area (Å²) < 4.78 is 6.90. The first-order valence-corrected chi connectivity index (χ1v) is 8.09. The summed E-state index contributed by atoms with van der Waals surface area (Å²) in [6.07, 6.45) is 1.97. The molecular formula is C15H15Br2NO2. The van der Waals surface area contributed by atoms with E-state index >= 15 is 0 Å². The smallest absolute Gasteiger partial charge is 0.305 e. The van der Waals surface area contributed by atoms with E-state index in [0.717, 1.165) is 38.4 Å². The van der Waals surface area contributed by atoms with E-state index in [-0.39, 0.29) is 5.97 Å². The SMILES string of the molecule is CCOC(=O)CCCc1ccc2cc(Br)cc(Br)c2n1. The Kier molecular flexibility index (Phi) is 5.54. The third-order valence-electron chi connectivity index (χ3n) is 2.89. The number of halogens is 2. The number of hydrogen-bond acceptors (Lipinski definition) is 3. The lowest BCUT2D eigenvalue weighted by molar-refractivity contribution is -0.143. The molecule has 106 valence electrons. The molecule has 0 aliphatic heterocycles. The number of esters is 1. The first-order chi connectivity index (χ1) is 9.60. The summed E-state index contributed by atoms with van der Waals surface area (Å²) in [4.78, 5) is 15.9. The molecule has 0 amide bonds. The number of nitrogens with zero attached hydrogens (tertiary/aromatic N) is 1. The minimum atomic E-state index is -0.140. The molecule has 0 N–H and O–H groups in total. The van der Waals surface area contributed by atoms with Gasteiger partial charge in [0.05, 0.1) is 12.1 Å². The Morgan fingerprint density at radius 2 is 2.10 bits per heavy atom. The van der Waals surface area contributed by atoms with Gasteiger partial charge < -0.3 is 4.74 Å². The molecule has 2 aromatic rings. The second-order valence-electron chi connectivity index (χ2n) is 4.42. The summed E-state index contributed by atoms with van der Waals surface area (Å²) in [6, 6.07) is 8.08. The van der Waals surface area contributed by atoms with Crippen molar-refractivity contribution in [1.82, 2.24) is 4.98 Å². The van der Waals surface area contributed by atoms with Crippen LogP contribution in [0.2, 0.25) is 0 Å². The van der Waals surface area contributed by atoms with E-state index in [4.69, 9.17) is 4.74 Å². The maximum atomic E-state index is 11.3. The standard InChI is InChI=1S/C15H15Br2NO2/c1-2-20-14(19)5-3-4-12-7-6-10-8-11(16)9-13(17)15(10)18-12/h6-9H,2-5H2,1H3. The number of aromatic nitrogens is 1. The molecule has 0 unspecified atom stereocenters. The summed E-state index contributed by atoms with van der Waals surface area (Å²) in [5.41, 5.74) is 1.94. The Balaban J connectivity index is 2.06. The minimum Gasteiger partial charge on any atom is -0.466 e. The topological polar surface area (TPSA) is 39.2 Å². The van der Waals surface area contributed by atoms with Crippen LogP contribution in [-0.2, 0) is 16.0 Å². The summed E-state index contributed by atoms with van der Waals surface area (Å²) in [5.74, 6) is -0.140. The van der Waals surface area contributed by atoms with Gasteiger partial charge in [-0.25, -0.2) is 0 Å². The van der Waals surface area contributed by atoms with Crippen molar-refractivity contribution in [2.45, 2.75) is 26.2 Å². The lowest BCUT2D eigenvalue weighted by atomic mass is 10.1. The third-order valence-corrected chi connectivity index (χ3v) is 3.95. The molecule has 0 bridgehead atoms. The molecule has 0 radical (unpaired) electrons. The second kappa shape index (κ2) is 7.18. The zero-order chi connectivity index (χ0) is 14.5. The van der Waals surface area contributed by atoms with Gasteiger partial charge in [-0.1, -0.05) is 22.0 Å². The zero-order valence-electron chi connectivity index (χ0n) is 11.2. The van der Waals surface area contributed by atoms with Crippen molar-refractivity contribution in [2.24, 2.45) is 0 Å². The summed E-state index contributed by atoms with van der Waals surface area (Å²) in [5, 5.41) is 1.08. The lowest BCUT2D eigenvalue weighted by Crippen LogP contribution is -2.04. The van der Waals surface area contributed by atoms with Crippen molar-refractivity contribution in [1.29, 1.82) is 0 Å². The van der Waals surface area contributed by atoms with Crippen LogP contribution in [0.3, 0.4) is 0 Å². The quantitative estimate of drug-likeness (QED) is 0.686. The Bertz CT molecular complexity index is 629. The highest BCUT2D eigenvalue weighted by Gasteiger charge is 2.06. The number of ether oxygens (including phenoxy) is 1. The highest BCUT2D eigenvalue weighted by molar-refractivity contribution is 9.11. The van der Waals surface area contributed by atoms with Crippen molar-refractivity contribution in [3.8, 4) is 0 Å². The normalized spacial score (nSPS) is 10.8. The molecule has 0 fully saturated rings. The average Bonchev–Trinajstić information content (AvgIpc) is 2.39. The Hall–Kier alpha value is -0.940. The fourth-order valence-electron chi connectivity index (χ4n) is 1.98. The number of carbonyl (C=O) groups is 1. The minimum absolute atomic E-state index is 0.140. The number of fused-ring (bicyclic) bond motifs is 1. The number of hydrogen-bond donors (Lipinski definition) is 0. The number of pyridine rings is 1. The van der Waals surface area contributed by atoms with Crippen LogP contribution in [0, 0.1) is 0 Å². The van der Waals surface area contributed by atoms with E-state index in [9.17, 15) is 4.79 Å². The zero-order valence-corrected chi connectivity index (χ0v) is 14.3. The van der Waals surface area contributed by atoms with Crippen LogP contribution in [0.5, 0.6) is 0 Å². The highest BCUT2D eigenvalue weighted by atomic mass is 79.9. The van der Waals surface area contributed by atoms with Crippen LogP contribution in [0.1, 0.15) is 25.5 Å². The second-order valence-corrected chi connectivity index (χ2v) is 6.19. The molecule has 20 heavy (non-hydrogen) atoms. The van der Waals surface area contributed by atoms with Gasteiger partial charge >= 0.3 is 5.97 Å². The third kappa shape index (κ3) is 4.03. The van der Waals surface area contributed by atoms with Crippen LogP contribution in [0.15, 0.2) is 33.2 Å². The van der Waals surface area contributed by atoms with Crippen molar-refractivity contribution in [2.75, 3.05) is 6.61 Å². The molecule has 3 nitrogen and oxygen atoms in total. The molecular weight excluding hydrogens is 386 g/mol. The number of benzene rings is 1. The van der Waals surface area contributed by atoms with Crippen molar-refractivity contribution < 1.29 is 9.53 Å².